The van der Waals surface area contributed by atoms with Gasteiger partial charge in [-0.3, -0.25) is 14.9 Å². The number of nitrogens with two attached hydrogens (primary N) is 1. The first-order chi connectivity index (χ1) is 8.16. The number of aryl methyl sites for hydroxylation is 1. The first-order valence-corrected chi connectivity index (χ1v) is 5.54. The maximum Gasteiger partial charge on any atom is 0.255 e. The summed E-state index contributed by atoms with van der Waals surface area (Å²) in [4.78, 5) is 11.9. The standard InChI is InChI=1S/C10H17N5O2/c1-14-7-8(6-12-14)9(11)10(16)13-15-2-4-17-5-3-15/h6-7,9H,2-5,11H2,1H3,(H,13,16). The zero-order chi connectivity index (χ0) is 12.3. The molecule has 7 nitrogen and oxygen atoms in total. The van der Waals surface area contributed by atoms with Gasteiger partial charge < -0.3 is 10.5 Å². The first-order valence-electron chi connectivity index (χ1n) is 5.54. The largest absolute Gasteiger partial charge is 0.379 e. The molecule has 1 aliphatic rings. The number of rotatable bonds is 3. The van der Waals surface area contributed by atoms with Gasteiger partial charge in [0.1, 0.15) is 6.04 Å². The maximum atomic E-state index is 11.9. The fourth-order valence-electron chi connectivity index (χ4n) is 1.65. The summed E-state index contributed by atoms with van der Waals surface area (Å²) >= 11 is 0. The van der Waals surface area contributed by atoms with Crippen LogP contribution in [0.5, 0.6) is 0 Å². The van der Waals surface area contributed by atoms with Gasteiger partial charge in [0.15, 0.2) is 0 Å². The zero-order valence-electron chi connectivity index (χ0n) is 9.80. The van der Waals surface area contributed by atoms with E-state index in [0.717, 1.165) is 0 Å². The topological polar surface area (TPSA) is 85.4 Å². The summed E-state index contributed by atoms with van der Waals surface area (Å²) in [7, 11) is 1.79. The van der Waals surface area contributed by atoms with Crippen LogP contribution < -0.4 is 11.2 Å². The number of hydrazine groups is 1. The average Bonchev–Trinajstić information content (AvgIpc) is 2.76. The summed E-state index contributed by atoms with van der Waals surface area (Å²) in [6.45, 7) is 2.63. The summed E-state index contributed by atoms with van der Waals surface area (Å²) in [6.07, 6.45) is 3.34. The summed E-state index contributed by atoms with van der Waals surface area (Å²) in [6, 6.07) is -0.688. The molecule has 1 aromatic rings. The average molecular weight is 239 g/mol. The molecule has 0 aliphatic carbocycles. The Morgan fingerprint density at radius 1 is 1.59 bits per heavy atom. The number of morpholine rings is 1. The Labute approximate surface area is 99.5 Å². The van der Waals surface area contributed by atoms with E-state index in [1.54, 1.807) is 24.1 Å². The lowest BCUT2D eigenvalue weighted by Crippen LogP contribution is -2.50. The quantitative estimate of drug-likeness (QED) is 0.691. The second-order valence-electron chi connectivity index (χ2n) is 4.00. The lowest BCUT2D eigenvalue weighted by Gasteiger charge is -2.27. The van der Waals surface area contributed by atoms with Crippen molar-refractivity contribution in [3.8, 4) is 0 Å². The van der Waals surface area contributed by atoms with E-state index in [2.05, 4.69) is 10.5 Å². The number of amides is 1. The second-order valence-corrected chi connectivity index (χ2v) is 4.00. The van der Waals surface area contributed by atoms with Gasteiger partial charge in [-0.1, -0.05) is 0 Å². The van der Waals surface area contributed by atoms with Gasteiger partial charge in [-0.15, -0.1) is 0 Å². The van der Waals surface area contributed by atoms with Crippen LogP contribution in [0.1, 0.15) is 11.6 Å². The van der Waals surface area contributed by atoms with E-state index in [4.69, 9.17) is 10.5 Å². The minimum atomic E-state index is -0.688. The molecule has 1 fully saturated rings. The molecule has 2 rings (SSSR count). The normalized spacial score (nSPS) is 18.9. The molecule has 1 atom stereocenters. The van der Waals surface area contributed by atoms with Gasteiger partial charge in [-0.25, -0.2) is 5.01 Å². The monoisotopic (exact) mass is 239 g/mol. The van der Waals surface area contributed by atoms with Crippen molar-refractivity contribution in [3.63, 3.8) is 0 Å². The molecule has 1 aliphatic heterocycles. The molecule has 0 bridgehead atoms. The van der Waals surface area contributed by atoms with E-state index >= 15 is 0 Å². The van der Waals surface area contributed by atoms with Gasteiger partial charge in [0.2, 0.25) is 0 Å². The van der Waals surface area contributed by atoms with Crippen molar-refractivity contribution in [1.82, 2.24) is 20.2 Å². The van der Waals surface area contributed by atoms with Crippen LogP contribution in [0.15, 0.2) is 12.4 Å². The Hall–Kier alpha value is -1.44. The molecule has 0 spiro atoms. The third-order valence-electron chi connectivity index (χ3n) is 2.65. The highest BCUT2D eigenvalue weighted by Gasteiger charge is 2.20. The van der Waals surface area contributed by atoms with E-state index < -0.39 is 6.04 Å². The second kappa shape index (κ2) is 5.26. The van der Waals surface area contributed by atoms with Crippen molar-refractivity contribution in [3.05, 3.63) is 18.0 Å². The van der Waals surface area contributed by atoms with Crippen LogP contribution in [0.25, 0.3) is 0 Å². The van der Waals surface area contributed by atoms with Gasteiger partial charge in [-0.05, 0) is 0 Å². The smallest absolute Gasteiger partial charge is 0.255 e. The summed E-state index contributed by atoms with van der Waals surface area (Å²) < 4.78 is 6.81. The summed E-state index contributed by atoms with van der Waals surface area (Å²) in [5.41, 5.74) is 9.33. The third-order valence-corrected chi connectivity index (χ3v) is 2.65. The van der Waals surface area contributed by atoms with Crippen LogP contribution in [0, 0.1) is 0 Å². The number of hydrogen-bond donors (Lipinski definition) is 2. The number of nitrogens with one attached hydrogen (secondary N) is 1. The highest BCUT2D eigenvalue weighted by atomic mass is 16.5. The Bertz CT molecular complexity index is 386. The van der Waals surface area contributed by atoms with Gasteiger partial charge >= 0.3 is 0 Å². The molecule has 94 valence electrons. The predicted octanol–water partition coefficient (Wildman–Crippen LogP) is -1.22. The van der Waals surface area contributed by atoms with E-state index in [9.17, 15) is 4.79 Å². The molecular formula is C10H17N5O2. The van der Waals surface area contributed by atoms with Crippen molar-refractivity contribution in [1.29, 1.82) is 0 Å². The number of aromatic nitrogens is 2. The molecule has 0 saturated carbocycles. The summed E-state index contributed by atoms with van der Waals surface area (Å²) in [5.74, 6) is -0.222. The minimum absolute atomic E-state index is 0.222. The first kappa shape index (κ1) is 12.0. The summed E-state index contributed by atoms with van der Waals surface area (Å²) in [5, 5.41) is 5.81. The van der Waals surface area contributed by atoms with Crippen LogP contribution in [-0.2, 0) is 16.6 Å². The fraction of sp³-hybridized carbons (Fsp3) is 0.600. The van der Waals surface area contributed by atoms with Crippen molar-refractivity contribution in [2.75, 3.05) is 26.3 Å². The van der Waals surface area contributed by atoms with E-state index in [1.807, 2.05) is 5.01 Å². The van der Waals surface area contributed by atoms with E-state index in [0.29, 0.717) is 31.9 Å². The molecule has 3 N–H and O–H groups in total. The molecule has 1 unspecified atom stereocenters. The van der Waals surface area contributed by atoms with Crippen molar-refractivity contribution in [2.24, 2.45) is 12.8 Å². The van der Waals surface area contributed by atoms with Crippen LogP contribution in [-0.4, -0.2) is 47.0 Å². The maximum absolute atomic E-state index is 11.9. The highest BCUT2D eigenvalue weighted by Crippen LogP contribution is 2.08. The Morgan fingerprint density at radius 2 is 2.29 bits per heavy atom. The Morgan fingerprint density at radius 3 is 2.88 bits per heavy atom. The van der Waals surface area contributed by atoms with Crippen LogP contribution in [0.2, 0.25) is 0 Å². The number of ether oxygens (including phenoxy) is 1. The molecule has 7 heteroatoms. The molecule has 2 heterocycles. The number of nitrogens with zero attached hydrogens (tertiary/aromatic N) is 3. The van der Waals surface area contributed by atoms with Crippen molar-refractivity contribution < 1.29 is 9.53 Å². The molecule has 1 aromatic heterocycles. The Balaban J connectivity index is 1.90. The van der Waals surface area contributed by atoms with Crippen LogP contribution >= 0.6 is 0 Å². The van der Waals surface area contributed by atoms with E-state index in [-0.39, 0.29) is 5.91 Å². The number of carbonyl (C=O) groups is 1. The molecule has 1 saturated heterocycles. The molecule has 0 radical (unpaired) electrons. The Kier molecular flexibility index (Phi) is 3.72. The van der Waals surface area contributed by atoms with Gasteiger partial charge in [0.25, 0.3) is 5.91 Å². The molecule has 1 amide bonds. The predicted molar refractivity (Wildman–Crippen MR) is 60.7 cm³/mol. The minimum Gasteiger partial charge on any atom is -0.379 e. The highest BCUT2D eigenvalue weighted by molar-refractivity contribution is 5.82. The third kappa shape index (κ3) is 3.02. The zero-order valence-corrected chi connectivity index (χ0v) is 9.80. The van der Waals surface area contributed by atoms with Gasteiger partial charge in [0, 0.05) is 31.9 Å². The van der Waals surface area contributed by atoms with E-state index in [1.165, 1.54) is 0 Å². The van der Waals surface area contributed by atoms with Crippen molar-refractivity contribution >= 4 is 5.91 Å². The fourth-order valence-corrected chi connectivity index (χ4v) is 1.65. The SMILES string of the molecule is Cn1cc(C(N)C(=O)NN2CCOCC2)cn1. The molecular weight excluding hydrogens is 222 g/mol. The molecule has 0 aromatic carbocycles. The van der Waals surface area contributed by atoms with Crippen LogP contribution in [0.4, 0.5) is 0 Å². The lowest BCUT2D eigenvalue weighted by molar-refractivity contribution is -0.129. The van der Waals surface area contributed by atoms with Crippen molar-refractivity contribution in [2.45, 2.75) is 6.04 Å². The number of hydrogen-bond acceptors (Lipinski definition) is 5. The van der Waals surface area contributed by atoms with Crippen LogP contribution in [0.3, 0.4) is 0 Å². The molecule has 17 heavy (non-hydrogen) atoms. The number of carbonyl (C=O) groups excluding carboxylic acids is 1. The lowest BCUT2D eigenvalue weighted by atomic mass is 10.2. The van der Waals surface area contributed by atoms with Gasteiger partial charge in [0.05, 0.1) is 19.4 Å². The van der Waals surface area contributed by atoms with Gasteiger partial charge in [-0.2, -0.15) is 5.10 Å².